The van der Waals surface area contributed by atoms with E-state index in [0.29, 0.717) is 0 Å². The number of hydrogen-bond donors (Lipinski definition) is 1. The van der Waals surface area contributed by atoms with Crippen molar-refractivity contribution in [1.29, 1.82) is 0 Å². The van der Waals surface area contributed by atoms with Crippen LogP contribution in [0.3, 0.4) is 0 Å². The maximum atomic E-state index is 12.7. The van der Waals surface area contributed by atoms with Gasteiger partial charge in [-0.25, -0.2) is 14.4 Å². The summed E-state index contributed by atoms with van der Waals surface area (Å²) in [6.45, 7) is 10.8. The largest absolute Gasteiger partial charge is 0.467 e. The van der Waals surface area contributed by atoms with E-state index in [-0.39, 0.29) is 32.8 Å². The van der Waals surface area contributed by atoms with Gasteiger partial charge >= 0.3 is 24.1 Å². The molecule has 29 heavy (non-hydrogen) atoms. The Morgan fingerprint density at radius 2 is 1.69 bits per heavy atom. The van der Waals surface area contributed by atoms with Crippen molar-refractivity contribution in [3.05, 3.63) is 0 Å². The lowest BCUT2D eigenvalue weighted by atomic mass is 9.94. The molecule has 0 bridgehead atoms. The van der Waals surface area contributed by atoms with Gasteiger partial charge in [-0.3, -0.25) is 4.79 Å². The Morgan fingerprint density at radius 3 is 2.21 bits per heavy atom. The van der Waals surface area contributed by atoms with Crippen molar-refractivity contribution in [3.8, 4) is 0 Å². The van der Waals surface area contributed by atoms with E-state index in [1.165, 1.54) is 16.9 Å². The molecule has 0 aliphatic carbocycles. The predicted octanol–water partition coefficient (Wildman–Crippen LogP) is 1.38. The van der Waals surface area contributed by atoms with Crippen molar-refractivity contribution < 1.29 is 33.4 Å². The summed E-state index contributed by atoms with van der Waals surface area (Å²) < 4.78 is 15.1. The number of urea groups is 1. The molecule has 0 aromatic carbocycles. The van der Waals surface area contributed by atoms with Crippen LogP contribution in [0.2, 0.25) is 0 Å². The number of carbonyl (C=O) groups is 4. The fourth-order valence-corrected chi connectivity index (χ4v) is 2.65. The van der Waals surface area contributed by atoms with Crippen LogP contribution in [0.25, 0.3) is 0 Å². The van der Waals surface area contributed by atoms with E-state index in [4.69, 9.17) is 14.2 Å². The molecule has 0 aromatic heterocycles. The van der Waals surface area contributed by atoms with Gasteiger partial charge in [-0.15, -0.1) is 0 Å². The van der Waals surface area contributed by atoms with Crippen LogP contribution < -0.4 is 5.32 Å². The topological polar surface area (TPSA) is 114 Å². The summed E-state index contributed by atoms with van der Waals surface area (Å²) in [7, 11) is 1.22. The highest BCUT2D eigenvalue weighted by Gasteiger charge is 2.40. The minimum Gasteiger partial charge on any atom is -0.467 e. The number of methoxy groups -OCH3 is 1. The van der Waals surface area contributed by atoms with E-state index in [2.05, 4.69) is 5.32 Å². The molecule has 3 amide bonds. The summed E-state index contributed by atoms with van der Waals surface area (Å²) in [6, 6.07) is -1.51. The molecule has 0 unspecified atom stereocenters. The molecule has 1 aliphatic rings. The van der Waals surface area contributed by atoms with Crippen LogP contribution in [-0.2, 0) is 23.8 Å². The van der Waals surface area contributed by atoms with Crippen LogP contribution in [-0.4, -0.2) is 85.4 Å². The Labute approximate surface area is 171 Å². The van der Waals surface area contributed by atoms with Gasteiger partial charge in [0, 0.05) is 19.6 Å². The number of nitrogens with one attached hydrogen (secondary N) is 1. The van der Waals surface area contributed by atoms with Crippen molar-refractivity contribution in [2.75, 3.05) is 39.9 Å². The number of esters is 2. The SMILES string of the molecule is CCOC(=O)C(C)(C)CNC(=O)N1CCN(C(=O)OC(C)(C)C)C[C@H]1C(=O)OC. The molecular formula is C19H33N3O7. The van der Waals surface area contributed by atoms with Crippen LogP contribution in [0.4, 0.5) is 9.59 Å². The van der Waals surface area contributed by atoms with Gasteiger partial charge in [0.25, 0.3) is 0 Å². The first-order valence-corrected chi connectivity index (χ1v) is 9.60. The third-order valence-corrected chi connectivity index (χ3v) is 4.28. The monoisotopic (exact) mass is 415 g/mol. The Balaban J connectivity index is 2.82. The quantitative estimate of drug-likeness (QED) is 0.533. The highest BCUT2D eigenvalue weighted by molar-refractivity contribution is 5.85. The average Bonchev–Trinajstić information content (AvgIpc) is 2.63. The van der Waals surface area contributed by atoms with Gasteiger partial charge < -0.3 is 29.3 Å². The number of nitrogens with zero attached hydrogens (tertiary/aromatic N) is 2. The van der Waals surface area contributed by atoms with E-state index in [1.807, 2.05) is 0 Å². The summed E-state index contributed by atoms with van der Waals surface area (Å²) in [6.07, 6.45) is -0.560. The standard InChI is InChI=1S/C19H33N3O7/c1-8-28-15(24)19(5,6)12-20-16(25)22-10-9-21(11-13(22)14(23)27-7)17(26)29-18(2,3)4/h13H,8-12H2,1-7H3,(H,20,25)/t13-/m0/s1. The number of amides is 3. The molecule has 1 rings (SSSR count). The van der Waals surface area contributed by atoms with E-state index < -0.39 is 41.1 Å². The molecule has 10 nitrogen and oxygen atoms in total. The first-order chi connectivity index (χ1) is 13.3. The number of carbonyl (C=O) groups excluding carboxylic acids is 4. The van der Waals surface area contributed by atoms with Crippen LogP contribution in [0.5, 0.6) is 0 Å². The van der Waals surface area contributed by atoms with Crippen molar-refractivity contribution in [3.63, 3.8) is 0 Å². The third-order valence-electron chi connectivity index (χ3n) is 4.28. The first kappa shape index (κ1) is 24.5. The molecule has 0 spiro atoms. The van der Waals surface area contributed by atoms with Crippen LogP contribution in [0, 0.1) is 5.41 Å². The Morgan fingerprint density at radius 1 is 1.07 bits per heavy atom. The van der Waals surface area contributed by atoms with E-state index in [9.17, 15) is 19.2 Å². The van der Waals surface area contributed by atoms with Gasteiger partial charge in [-0.05, 0) is 41.5 Å². The van der Waals surface area contributed by atoms with Crippen LogP contribution in [0.15, 0.2) is 0 Å². The molecule has 1 atom stereocenters. The van der Waals surface area contributed by atoms with Gasteiger partial charge in [-0.1, -0.05) is 0 Å². The van der Waals surface area contributed by atoms with Gasteiger partial charge in [0.15, 0.2) is 0 Å². The van der Waals surface area contributed by atoms with Crippen molar-refractivity contribution in [1.82, 2.24) is 15.1 Å². The minimum atomic E-state index is -0.980. The second kappa shape index (κ2) is 9.80. The molecule has 1 saturated heterocycles. The molecule has 1 aliphatic heterocycles. The van der Waals surface area contributed by atoms with E-state index in [0.717, 1.165) is 0 Å². The second-order valence-electron chi connectivity index (χ2n) is 8.42. The van der Waals surface area contributed by atoms with E-state index in [1.54, 1.807) is 41.5 Å². The zero-order chi connectivity index (χ0) is 22.4. The zero-order valence-corrected chi connectivity index (χ0v) is 18.4. The summed E-state index contributed by atoms with van der Waals surface area (Å²) in [4.78, 5) is 51.9. The molecule has 1 heterocycles. The third kappa shape index (κ3) is 7.10. The normalized spacial score (nSPS) is 17.4. The van der Waals surface area contributed by atoms with Gasteiger partial charge in [0.1, 0.15) is 11.6 Å². The number of hydrogen-bond acceptors (Lipinski definition) is 7. The second-order valence-corrected chi connectivity index (χ2v) is 8.42. The molecule has 0 aromatic rings. The lowest BCUT2D eigenvalue weighted by Gasteiger charge is -2.40. The van der Waals surface area contributed by atoms with Crippen molar-refractivity contribution >= 4 is 24.1 Å². The summed E-state index contributed by atoms with van der Waals surface area (Å²) in [5.74, 6) is -1.07. The lowest BCUT2D eigenvalue weighted by Crippen LogP contribution is -2.62. The van der Waals surface area contributed by atoms with Gasteiger partial charge in [0.05, 0.1) is 25.7 Å². The minimum absolute atomic E-state index is 0.0326. The molecular weight excluding hydrogens is 382 g/mol. The zero-order valence-electron chi connectivity index (χ0n) is 18.4. The molecule has 1 fully saturated rings. The lowest BCUT2D eigenvalue weighted by molar-refractivity contribution is -0.153. The number of rotatable bonds is 5. The fraction of sp³-hybridized carbons (Fsp3) is 0.789. The highest BCUT2D eigenvalue weighted by Crippen LogP contribution is 2.18. The van der Waals surface area contributed by atoms with Crippen molar-refractivity contribution in [2.45, 2.75) is 53.2 Å². The van der Waals surface area contributed by atoms with Crippen LogP contribution in [0.1, 0.15) is 41.5 Å². The Hall–Kier alpha value is -2.52. The van der Waals surface area contributed by atoms with Gasteiger partial charge in [-0.2, -0.15) is 0 Å². The highest BCUT2D eigenvalue weighted by atomic mass is 16.6. The molecule has 10 heteroatoms. The molecule has 0 radical (unpaired) electrons. The summed E-state index contributed by atoms with van der Waals surface area (Å²) in [5.41, 5.74) is -1.60. The predicted molar refractivity (Wildman–Crippen MR) is 104 cm³/mol. The van der Waals surface area contributed by atoms with E-state index >= 15 is 0 Å². The van der Waals surface area contributed by atoms with Gasteiger partial charge in [0.2, 0.25) is 0 Å². The number of ether oxygens (including phenoxy) is 3. The van der Waals surface area contributed by atoms with Crippen LogP contribution >= 0.6 is 0 Å². The van der Waals surface area contributed by atoms with Crippen molar-refractivity contribution in [2.24, 2.45) is 5.41 Å². The molecule has 0 saturated carbocycles. The Bertz CT molecular complexity index is 628. The number of piperazine rings is 1. The maximum Gasteiger partial charge on any atom is 0.410 e. The fourth-order valence-electron chi connectivity index (χ4n) is 2.65. The molecule has 166 valence electrons. The first-order valence-electron chi connectivity index (χ1n) is 9.60. The smallest absolute Gasteiger partial charge is 0.410 e. The Kier molecular flexibility index (Phi) is 8.28. The average molecular weight is 415 g/mol. The molecule has 1 N–H and O–H groups in total. The summed E-state index contributed by atoms with van der Waals surface area (Å²) in [5, 5.41) is 2.67. The maximum absolute atomic E-state index is 12.7. The summed E-state index contributed by atoms with van der Waals surface area (Å²) >= 11 is 0.